The summed E-state index contributed by atoms with van der Waals surface area (Å²) in [6.07, 6.45) is 1.75. The second-order valence-electron chi connectivity index (χ2n) is 5.71. The van der Waals surface area contributed by atoms with Gasteiger partial charge in [0.25, 0.3) is 0 Å². The number of thiazole rings is 1. The van der Waals surface area contributed by atoms with E-state index in [9.17, 15) is 9.18 Å². The third-order valence-electron chi connectivity index (χ3n) is 3.84. The molecule has 27 heavy (non-hydrogen) atoms. The first kappa shape index (κ1) is 17.6. The van der Waals surface area contributed by atoms with Crippen molar-refractivity contribution in [3.63, 3.8) is 0 Å². The van der Waals surface area contributed by atoms with Crippen LogP contribution in [0.25, 0.3) is 22.2 Å². The Labute approximate surface area is 163 Å². The lowest BCUT2D eigenvalue weighted by molar-refractivity contribution is -0.113. The number of thioether (sulfide) groups is 1. The molecule has 0 aliphatic heterocycles. The number of pyridine rings is 1. The number of benzene rings is 2. The monoisotopic (exact) mass is 395 g/mol. The van der Waals surface area contributed by atoms with Crippen LogP contribution in [-0.4, -0.2) is 21.6 Å². The van der Waals surface area contributed by atoms with Gasteiger partial charge in [-0.3, -0.25) is 9.78 Å². The molecule has 134 valence electrons. The Morgan fingerprint density at radius 3 is 2.78 bits per heavy atom. The van der Waals surface area contributed by atoms with E-state index >= 15 is 0 Å². The number of aromatic nitrogens is 2. The Morgan fingerprint density at radius 1 is 1.11 bits per heavy atom. The summed E-state index contributed by atoms with van der Waals surface area (Å²) in [4.78, 5) is 22.0. The number of para-hydroxylation sites is 1. The van der Waals surface area contributed by atoms with Gasteiger partial charge in [-0.15, -0.1) is 23.1 Å². The zero-order valence-electron chi connectivity index (χ0n) is 14.1. The van der Waals surface area contributed by atoms with Gasteiger partial charge in [-0.05, 0) is 36.4 Å². The molecule has 0 saturated carbocycles. The van der Waals surface area contributed by atoms with Gasteiger partial charge in [0.15, 0.2) is 5.13 Å². The van der Waals surface area contributed by atoms with Crippen molar-refractivity contribution in [3.8, 4) is 11.3 Å². The minimum absolute atomic E-state index is 0.132. The van der Waals surface area contributed by atoms with Gasteiger partial charge in [-0.1, -0.05) is 18.2 Å². The predicted octanol–water partition coefficient (Wildman–Crippen LogP) is 5.23. The van der Waals surface area contributed by atoms with Gasteiger partial charge in [-0.2, -0.15) is 0 Å². The molecule has 2 aromatic heterocycles. The lowest BCUT2D eigenvalue weighted by atomic mass is 10.2. The molecular formula is C20H14FN3OS2. The van der Waals surface area contributed by atoms with Crippen molar-refractivity contribution in [2.75, 3.05) is 11.1 Å². The van der Waals surface area contributed by atoms with E-state index in [0.717, 1.165) is 21.4 Å². The van der Waals surface area contributed by atoms with E-state index in [4.69, 9.17) is 0 Å². The molecule has 0 spiro atoms. The summed E-state index contributed by atoms with van der Waals surface area (Å²) in [6.45, 7) is 0. The first-order valence-electron chi connectivity index (χ1n) is 8.17. The fraction of sp³-hybridized carbons (Fsp3) is 0.0500. The van der Waals surface area contributed by atoms with Gasteiger partial charge in [0, 0.05) is 27.4 Å². The average Bonchev–Trinajstić information content (AvgIpc) is 3.15. The topological polar surface area (TPSA) is 54.9 Å². The standard InChI is InChI=1S/C20H14FN3OS2/c21-15-8-6-13(7-9-15)16-11-27-20(23-16)24-18(25)12-26-17-5-1-3-14-4-2-10-22-19(14)17/h1-11H,12H2,(H,23,24,25). The number of rotatable bonds is 5. The summed E-state index contributed by atoms with van der Waals surface area (Å²) in [5.41, 5.74) is 2.41. The maximum atomic E-state index is 13.0. The third kappa shape index (κ3) is 4.15. The molecule has 1 amide bonds. The van der Waals surface area contributed by atoms with Crippen LogP contribution in [-0.2, 0) is 4.79 Å². The second kappa shape index (κ2) is 7.85. The maximum absolute atomic E-state index is 13.0. The molecule has 0 aliphatic carbocycles. The van der Waals surface area contributed by atoms with Crippen molar-refractivity contribution >= 4 is 45.0 Å². The Balaban J connectivity index is 1.40. The highest BCUT2D eigenvalue weighted by Gasteiger charge is 2.10. The SMILES string of the molecule is O=C(CSc1cccc2cccnc12)Nc1nc(-c2ccc(F)cc2)cs1. The van der Waals surface area contributed by atoms with Crippen LogP contribution in [0.3, 0.4) is 0 Å². The molecule has 0 bridgehead atoms. The fourth-order valence-corrected chi connectivity index (χ4v) is 4.15. The van der Waals surface area contributed by atoms with Crippen LogP contribution >= 0.6 is 23.1 Å². The molecule has 4 rings (SSSR count). The van der Waals surface area contributed by atoms with E-state index in [-0.39, 0.29) is 17.5 Å². The highest BCUT2D eigenvalue weighted by molar-refractivity contribution is 8.00. The second-order valence-corrected chi connectivity index (χ2v) is 7.59. The van der Waals surface area contributed by atoms with E-state index in [2.05, 4.69) is 15.3 Å². The highest BCUT2D eigenvalue weighted by Crippen LogP contribution is 2.27. The molecule has 0 aliphatic rings. The van der Waals surface area contributed by atoms with Gasteiger partial charge in [0.2, 0.25) is 5.91 Å². The van der Waals surface area contributed by atoms with Crippen LogP contribution in [0.4, 0.5) is 9.52 Å². The average molecular weight is 395 g/mol. The molecule has 0 unspecified atom stereocenters. The lowest BCUT2D eigenvalue weighted by Crippen LogP contribution is -2.13. The zero-order valence-corrected chi connectivity index (χ0v) is 15.7. The number of nitrogens with zero attached hydrogens (tertiary/aromatic N) is 2. The summed E-state index contributed by atoms with van der Waals surface area (Å²) in [5, 5.41) is 6.22. The molecule has 4 nitrogen and oxygen atoms in total. The van der Waals surface area contributed by atoms with E-state index in [1.165, 1.54) is 35.2 Å². The molecule has 7 heteroatoms. The third-order valence-corrected chi connectivity index (χ3v) is 5.65. The summed E-state index contributed by atoms with van der Waals surface area (Å²) in [6, 6.07) is 15.9. The van der Waals surface area contributed by atoms with Gasteiger partial charge in [0.1, 0.15) is 5.82 Å². The minimum atomic E-state index is -0.289. The van der Waals surface area contributed by atoms with Gasteiger partial charge in [0.05, 0.1) is 17.0 Å². The number of carbonyl (C=O) groups is 1. The molecule has 4 aromatic rings. The molecule has 2 heterocycles. The van der Waals surface area contributed by atoms with Crippen molar-refractivity contribution in [2.45, 2.75) is 4.90 Å². The molecule has 0 fully saturated rings. The highest BCUT2D eigenvalue weighted by atomic mass is 32.2. The molecule has 2 aromatic carbocycles. The van der Waals surface area contributed by atoms with Crippen molar-refractivity contribution in [1.82, 2.24) is 9.97 Å². The maximum Gasteiger partial charge on any atom is 0.236 e. The summed E-state index contributed by atoms with van der Waals surface area (Å²) < 4.78 is 13.0. The van der Waals surface area contributed by atoms with Crippen LogP contribution in [0, 0.1) is 5.82 Å². The lowest BCUT2D eigenvalue weighted by Gasteiger charge is -2.05. The zero-order chi connectivity index (χ0) is 18.6. The normalized spacial score (nSPS) is 10.9. The molecular weight excluding hydrogens is 381 g/mol. The van der Waals surface area contributed by atoms with E-state index in [0.29, 0.717) is 10.8 Å². The van der Waals surface area contributed by atoms with Gasteiger partial charge in [-0.25, -0.2) is 9.37 Å². The Hall–Kier alpha value is -2.77. The number of anilines is 1. The van der Waals surface area contributed by atoms with Crippen LogP contribution < -0.4 is 5.32 Å². The number of hydrogen-bond acceptors (Lipinski definition) is 5. The number of amides is 1. The van der Waals surface area contributed by atoms with Crippen molar-refractivity contribution in [2.24, 2.45) is 0 Å². The van der Waals surface area contributed by atoms with Crippen LogP contribution in [0.15, 0.2) is 71.1 Å². The van der Waals surface area contributed by atoms with Gasteiger partial charge < -0.3 is 5.32 Å². The number of nitrogens with one attached hydrogen (secondary N) is 1. The Bertz CT molecular complexity index is 1090. The fourth-order valence-electron chi connectivity index (χ4n) is 2.58. The van der Waals surface area contributed by atoms with Crippen LogP contribution in [0.1, 0.15) is 0 Å². The van der Waals surface area contributed by atoms with Crippen molar-refractivity contribution < 1.29 is 9.18 Å². The van der Waals surface area contributed by atoms with E-state index < -0.39 is 0 Å². The predicted molar refractivity (Wildman–Crippen MR) is 109 cm³/mol. The summed E-state index contributed by atoms with van der Waals surface area (Å²) in [7, 11) is 0. The smallest absolute Gasteiger partial charge is 0.236 e. The number of carbonyl (C=O) groups excluding carboxylic acids is 1. The van der Waals surface area contributed by atoms with Crippen LogP contribution in [0.2, 0.25) is 0 Å². The molecule has 0 saturated heterocycles. The number of fused-ring (bicyclic) bond motifs is 1. The van der Waals surface area contributed by atoms with Gasteiger partial charge >= 0.3 is 0 Å². The minimum Gasteiger partial charge on any atom is -0.301 e. The van der Waals surface area contributed by atoms with Crippen LogP contribution in [0.5, 0.6) is 0 Å². The molecule has 0 radical (unpaired) electrons. The summed E-state index contributed by atoms with van der Waals surface area (Å²) >= 11 is 2.79. The first-order chi connectivity index (χ1) is 13.2. The van der Waals surface area contributed by atoms with Crippen molar-refractivity contribution in [1.29, 1.82) is 0 Å². The Kier molecular flexibility index (Phi) is 5.13. The number of hydrogen-bond donors (Lipinski definition) is 1. The number of halogens is 1. The quantitative estimate of drug-likeness (QED) is 0.470. The largest absolute Gasteiger partial charge is 0.301 e. The summed E-state index contributed by atoms with van der Waals surface area (Å²) in [5.74, 6) is -0.156. The first-order valence-corrected chi connectivity index (χ1v) is 10.0. The van der Waals surface area contributed by atoms with E-state index in [1.54, 1.807) is 18.3 Å². The molecule has 1 N–H and O–H groups in total. The van der Waals surface area contributed by atoms with E-state index in [1.807, 2.05) is 35.7 Å². The molecule has 0 atom stereocenters. The Morgan fingerprint density at radius 2 is 1.93 bits per heavy atom. The van der Waals surface area contributed by atoms with Crippen molar-refractivity contribution in [3.05, 3.63) is 72.0 Å².